The third-order valence-corrected chi connectivity index (χ3v) is 8.06. The van der Waals surface area contributed by atoms with Crippen molar-refractivity contribution in [3.05, 3.63) is 64.2 Å². The van der Waals surface area contributed by atoms with Crippen molar-refractivity contribution in [2.45, 2.75) is 38.7 Å². The average molecular weight is 469 g/mol. The van der Waals surface area contributed by atoms with Crippen LogP contribution in [0, 0.1) is 12.3 Å². The van der Waals surface area contributed by atoms with Crippen molar-refractivity contribution in [1.82, 2.24) is 4.90 Å². The van der Waals surface area contributed by atoms with Gasteiger partial charge in [0.05, 0.1) is 25.9 Å². The minimum Gasteiger partial charge on any atom is -0.378 e. The minimum absolute atomic E-state index is 0.156. The highest BCUT2D eigenvalue weighted by molar-refractivity contribution is 6.31. The van der Waals surface area contributed by atoms with Gasteiger partial charge in [-0.1, -0.05) is 35.9 Å². The molecule has 3 aliphatic rings. The number of piperidine rings is 1. The molecule has 5 rings (SSSR count). The number of rotatable bonds is 4. The van der Waals surface area contributed by atoms with Gasteiger partial charge in [-0.15, -0.1) is 0 Å². The van der Waals surface area contributed by atoms with Crippen LogP contribution in [-0.2, 0) is 15.9 Å². The molecule has 3 heterocycles. The summed E-state index contributed by atoms with van der Waals surface area (Å²) >= 11 is 6.36. The van der Waals surface area contributed by atoms with Crippen LogP contribution in [0.15, 0.2) is 42.5 Å². The molecule has 3 saturated heterocycles. The molecule has 0 saturated carbocycles. The Morgan fingerprint density at radius 2 is 1.82 bits per heavy atom. The average Bonchev–Trinajstić information content (AvgIpc) is 3.23. The first-order valence-corrected chi connectivity index (χ1v) is 12.5. The molecule has 0 aromatic heterocycles. The Kier molecular flexibility index (Phi) is 6.64. The number of likely N-dealkylation sites (tertiary alicyclic amines) is 1. The molecular weight excluding hydrogens is 436 g/mol. The number of morpholine rings is 1. The number of carbonyl (C=O) groups is 1. The Bertz CT molecular complexity index is 997. The van der Waals surface area contributed by atoms with E-state index in [9.17, 15) is 4.79 Å². The molecule has 1 spiro atoms. The van der Waals surface area contributed by atoms with Crippen molar-refractivity contribution in [1.29, 1.82) is 0 Å². The Hall–Kier alpha value is -2.08. The van der Waals surface area contributed by atoms with Gasteiger partial charge in [-0.25, -0.2) is 0 Å². The van der Waals surface area contributed by atoms with Gasteiger partial charge in [0.2, 0.25) is 0 Å². The van der Waals surface area contributed by atoms with Gasteiger partial charge in [0.25, 0.3) is 5.91 Å². The normalized spacial score (nSPS) is 22.7. The number of anilines is 1. The fourth-order valence-electron chi connectivity index (χ4n) is 5.64. The number of hydrogen-bond acceptors (Lipinski definition) is 4. The van der Waals surface area contributed by atoms with Crippen LogP contribution in [0.1, 0.15) is 40.7 Å². The number of halogens is 1. The van der Waals surface area contributed by atoms with E-state index in [4.69, 9.17) is 21.1 Å². The second-order valence-corrected chi connectivity index (χ2v) is 10.2. The summed E-state index contributed by atoms with van der Waals surface area (Å²) in [6.45, 7) is 7.69. The highest BCUT2D eigenvalue weighted by Crippen LogP contribution is 2.43. The van der Waals surface area contributed by atoms with E-state index in [0.29, 0.717) is 0 Å². The van der Waals surface area contributed by atoms with Gasteiger partial charge in [0.1, 0.15) is 0 Å². The van der Waals surface area contributed by atoms with Crippen LogP contribution in [0.2, 0.25) is 5.02 Å². The maximum atomic E-state index is 13.4. The molecule has 2 aromatic carbocycles. The number of ether oxygens (including phenoxy) is 2. The summed E-state index contributed by atoms with van der Waals surface area (Å²) in [5, 5.41) is 0.817. The van der Waals surface area contributed by atoms with Crippen LogP contribution in [0.5, 0.6) is 0 Å². The van der Waals surface area contributed by atoms with Gasteiger partial charge in [0.15, 0.2) is 0 Å². The van der Waals surface area contributed by atoms with E-state index in [2.05, 4.69) is 24.0 Å². The molecular formula is C27H33ClN2O3. The molecule has 6 heteroatoms. The summed E-state index contributed by atoms with van der Waals surface area (Å²) < 4.78 is 11.7. The highest BCUT2D eigenvalue weighted by Gasteiger charge is 2.43. The fourth-order valence-corrected chi connectivity index (χ4v) is 5.85. The Balaban J connectivity index is 1.21. The first-order chi connectivity index (χ1) is 16.0. The van der Waals surface area contributed by atoms with Crippen molar-refractivity contribution >= 4 is 23.2 Å². The standard InChI is InChI=1S/C27H33ClN2O3/c1-20-23(6-4-8-25(20)29-13-15-32-16-14-29)26(31)30-11-9-27(10-12-30)18-22(33-19-27)17-21-5-2-3-7-24(21)28/h2-8,22H,9-19H2,1H3/t22-/m1/s1. The molecule has 0 aliphatic carbocycles. The van der Waals surface area contributed by atoms with E-state index in [1.165, 1.54) is 0 Å². The van der Waals surface area contributed by atoms with Crippen LogP contribution in [0.4, 0.5) is 5.69 Å². The van der Waals surface area contributed by atoms with E-state index in [1.54, 1.807) is 0 Å². The number of nitrogens with zero attached hydrogens (tertiary/aromatic N) is 2. The molecule has 1 atom stereocenters. The molecule has 5 nitrogen and oxygen atoms in total. The molecule has 3 fully saturated rings. The van der Waals surface area contributed by atoms with Crippen LogP contribution in [0.25, 0.3) is 0 Å². The first-order valence-electron chi connectivity index (χ1n) is 12.1. The van der Waals surface area contributed by atoms with Gasteiger partial charge in [-0.05, 0) is 60.9 Å². The number of amides is 1. The van der Waals surface area contributed by atoms with Crippen LogP contribution < -0.4 is 4.90 Å². The van der Waals surface area contributed by atoms with Crippen LogP contribution >= 0.6 is 11.6 Å². The predicted octanol–water partition coefficient (Wildman–Crippen LogP) is 4.74. The molecule has 0 radical (unpaired) electrons. The van der Waals surface area contributed by atoms with E-state index >= 15 is 0 Å². The summed E-state index contributed by atoms with van der Waals surface area (Å²) in [5.41, 5.74) is 4.41. The fraction of sp³-hybridized carbons (Fsp3) is 0.519. The lowest BCUT2D eigenvalue weighted by Crippen LogP contribution is -2.44. The van der Waals surface area contributed by atoms with Crippen molar-refractivity contribution < 1.29 is 14.3 Å². The van der Waals surface area contributed by atoms with Gasteiger partial charge in [0, 0.05) is 48.9 Å². The molecule has 2 aromatic rings. The third-order valence-electron chi connectivity index (χ3n) is 7.69. The molecule has 1 amide bonds. The second kappa shape index (κ2) is 9.65. The Labute approximate surface area is 201 Å². The third kappa shape index (κ3) is 4.77. The van der Waals surface area contributed by atoms with E-state index < -0.39 is 0 Å². The van der Waals surface area contributed by atoms with E-state index in [0.717, 1.165) is 99.1 Å². The van der Waals surface area contributed by atoms with E-state index in [-0.39, 0.29) is 17.4 Å². The van der Waals surface area contributed by atoms with Crippen molar-refractivity contribution in [3.8, 4) is 0 Å². The zero-order valence-corrected chi connectivity index (χ0v) is 20.2. The number of benzene rings is 2. The topological polar surface area (TPSA) is 42.0 Å². The maximum absolute atomic E-state index is 13.4. The van der Waals surface area contributed by atoms with Gasteiger partial charge in [-0.2, -0.15) is 0 Å². The van der Waals surface area contributed by atoms with E-state index in [1.807, 2.05) is 35.2 Å². The SMILES string of the molecule is Cc1c(C(=O)N2CCC3(CC2)CO[C@H](Cc2ccccc2Cl)C3)cccc1N1CCOCC1. The van der Waals surface area contributed by atoms with Crippen LogP contribution in [-0.4, -0.2) is 62.9 Å². The van der Waals surface area contributed by atoms with Crippen molar-refractivity contribution in [2.75, 3.05) is 50.9 Å². The monoisotopic (exact) mass is 468 g/mol. The lowest BCUT2D eigenvalue weighted by Gasteiger charge is -2.39. The second-order valence-electron chi connectivity index (χ2n) is 9.77. The molecule has 176 valence electrons. The lowest BCUT2D eigenvalue weighted by molar-refractivity contribution is 0.0496. The summed E-state index contributed by atoms with van der Waals surface area (Å²) in [7, 11) is 0. The van der Waals surface area contributed by atoms with Crippen molar-refractivity contribution in [3.63, 3.8) is 0 Å². The zero-order chi connectivity index (χ0) is 22.8. The number of carbonyl (C=O) groups excluding carboxylic acids is 1. The highest BCUT2D eigenvalue weighted by atomic mass is 35.5. The van der Waals surface area contributed by atoms with Gasteiger partial charge >= 0.3 is 0 Å². The quantitative estimate of drug-likeness (QED) is 0.650. The minimum atomic E-state index is 0.156. The Morgan fingerprint density at radius 1 is 1.06 bits per heavy atom. The number of hydrogen-bond donors (Lipinski definition) is 0. The first kappa shape index (κ1) is 22.7. The van der Waals surface area contributed by atoms with Crippen LogP contribution in [0.3, 0.4) is 0 Å². The predicted molar refractivity (Wildman–Crippen MR) is 131 cm³/mol. The molecule has 0 unspecified atom stereocenters. The summed E-state index contributed by atoms with van der Waals surface area (Å²) in [6.07, 6.45) is 4.11. The smallest absolute Gasteiger partial charge is 0.254 e. The zero-order valence-electron chi connectivity index (χ0n) is 19.4. The molecule has 0 bridgehead atoms. The molecule has 0 N–H and O–H groups in total. The summed E-state index contributed by atoms with van der Waals surface area (Å²) in [5.74, 6) is 0.156. The molecule has 33 heavy (non-hydrogen) atoms. The summed E-state index contributed by atoms with van der Waals surface area (Å²) in [6, 6.07) is 14.1. The van der Waals surface area contributed by atoms with Gasteiger partial charge in [-0.3, -0.25) is 4.79 Å². The summed E-state index contributed by atoms with van der Waals surface area (Å²) in [4.78, 5) is 17.8. The molecule has 3 aliphatic heterocycles. The Morgan fingerprint density at radius 3 is 2.58 bits per heavy atom. The van der Waals surface area contributed by atoms with Gasteiger partial charge < -0.3 is 19.3 Å². The maximum Gasteiger partial charge on any atom is 0.254 e. The van der Waals surface area contributed by atoms with Crippen molar-refractivity contribution in [2.24, 2.45) is 5.41 Å². The lowest BCUT2D eigenvalue weighted by atomic mass is 9.76. The largest absolute Gasteiger partial charge is 0.378 e.